The van der Waals surface area contributed by atoms with Gasteiger partial charge in [0.25, 0.3) is 0 Å². The minimum Gasteiger partial charge on any atom is -0.424 e. The predicted molar refractivity (Wildman–Crippen MR) is 95.2 cm³/mol. The van der Waals surface area contributed by atoms with E-state index in [2.05, 4.69) is 34.0 Å². The molecule has 0 amide bonds. The Morgan fingerprint density at radius 3 is 2.68 bits per heavy atom. The molecule has 2 aliphatic carbocycles. The fraction of sp³-hybridized carbons (Fsp3) is 0.895. The van der Waals surface area contributed by atoms with Gasteiger partial charge >= 0.3 is 0 Å². The number of hydrogen-bond donors (Lipinski definition) is 1. The molecule has 3 aliphatic rings. The number of rotatable bonds is 6. The molecule has 6 heteroatoms. The van der Waals surface area contributed by atoms with E-state index in [1.54, 1.807) is 0 Å². The normalized spacial score (nSPS) is 34.1. The Kier molecular flexibility index (Phi) is 4.86. The van der Waals surface area contributed by atoms with Gasteiger partial charge in [0.15, 0.2) is 0 Å². The molecule has 1 N–H and O–H groups in total. The highest BCUT2D eigenvalue weighted by Crippen LogP contribution is 2.39. The van der Waals surface area contributed by atoms with Crippen molar-refractivity contribution < 1.29 is 9.52 Å². The molecule has 2 saturated carbocycles. The third-order valence-corrected chi connectivity index (χ3v) is 6.39. The zero-order valence-electron chi connectivity index (χ0n) is 15.7. The average molecular weight is 348 g/mol. The van der Waals surface area contributed by atoms with Crippen molar-refractivity contribution in [2.75, 3.05) is 26.7 Å². The number of hydrogen-bond acceptors (Lipinski definition) is 6. The number of aromatic nitrogens is 2. The summed E-state index contributed by atoms with van der Waals surface area (Å²) in [6.45, 7) is 5.95. The van der Waals surface area contributed by atoms with Gasteiger partial charge in [-0.05, 0) is 64.5 Å². The minimum atomic E-state index is -0.467. The molecular weight excluding hydrogens is 316 g/mol. The standard InChI is InChI=1S/C19H32N4O2/c1-14-5-8-19(24,9-6-14)13-23-10-7-16(11-23)22(2)12-17-20-21-18(25-17)15-3-4-15/h14-16,24H,3-13H2,1-2H3/t14?,16-,19?/m1/s1. The van der Waals surface area contributed by atoms with E-state index in [0.29, 0.717) is 12.0 Å². The lowest BCUT2D eigenvalue weighted by atomic mass is 9.79. The van der Waals surface area contributed by atoms with E-state index in [0.717, 1.165) is 76.0 Å². The Morgan fingerprint density at radius 1 is 1.20 bits per heavy atom. The van der Waals surface area contributed by atoms with Crippen LogP contribution in [-0.2, 0) is 6.54 Å². The molecule has 1 atom stereocenters. The molecule has 0 spiro atoms. The van der Waals surface area contributed by atoms with Crippen molar-refractivity contribution in [2.24, 2.45) is 5.92 Å². The van der Waals surface area contributed by atoms with Crippen LogP contribution >= 0.6 is 0 Å². The first kappa shape index (κ1) is 17.4. The lowest BCUT2D eigenvalue weighted by molar-refractivity contribution is -0.0317. The summed E-state index contributed by atoms with van der Waals surface area (Å²) in [5.41, 5.74) is -0.467. The first-order valence-electron chi connectivity index (χ1n) is 9.98. The van der Waals surface area contributed by atoms with Crippen LogP contribution in [0.5, 0.6) is 0 Å². The number of β-amino-alcohol motifs (C(OH)–C–C–N with tert-alkyl or cyclic N) is 1. The molecule has 1 saturated heterocycles. The van der Waals surface area contributed by atoms with Crippen molar-refractivity contribution >= 4 is 0 Å². The lowest BCUT2D eigenvalue weighted by Crippen LogP contribution is -2.45. The highest BCUT2D eigenvalue weighted by atomic mass is 16.4. The van der Waals surface area contributed by atoms with Crippen LogP contribution in [0.2, 0.25) is 0 Å². The second kappa shape index (κ2) is 6.97. The van der Waals surface area contributed by atoms with Crippen molar-refractivity contribution in [2.45, 2.75) is 76.0 Å². The fourth-order valence-corrected chi connectivity index (χ4v) is 4.36. The zero-order valence-corrected chi connectivity index (χ0v) is 15.7. The lowest BCUT2D eigenvalue weighted by Gasteiger charge is -2.38. The molecule has 1 aromatic heterocycles. The maximum Gasteiger partial charge on any atom is 0.230 e. The van der Waals surface area contributed by atoms with Crippen LogP contribution < -0.4 is 0 Å². The predicted octanol–water partition coefficient (Wildman–Crippen LogP) is 2.39. The van der Waals surface area contributed by atoms with Crippen LogP contribution in [0.1, 0.15) is 69.6 Å². The smallest absolute Gasteiger partial charge is 0.230 e. The van der Waals surface area contributed by atoms with E-state index in [9.17, 15) is 5.11 Å². The summed E-state index contributed by atoms with van der Waals surface area (Å²) in [4.78, 5) is 4.78. The molecule has 3 fully saturated rings. The summed E-state index contributed by atoms with van der Waals surface area (Å²) in [7, 11) is 2.15. The molecule has 0 aromatic carbocycles. The highest BCUT2D eigenvalue weighted by Gasteiger charge is 2.36. The molecule has 0 bridgehead atoms. The third kappa shape index (κ3) is 4.23. The zero-order chi connectivity index (χ0) is 17.4. The van der Waals surface area contributed by atoms with E-state index in [1.807, 2.05) is 0 Å². The highest BCUT2D eigenvalue weighted by molar-refractivity contribution is 5.00. The molecule has 140 valence electrons. The SMILES string of the molecule is CC1CCC(O)(CN2CC[C@@H](N(C)Cc3nnc(C4CC4)o3)C2)CC1. The van der Waals surface area contributed by atoms with Gasteiger partial charge in [0.05, 0.1) is 12.1 Å². The topological polar surface area (TPSA) is 65.6 Å². The summed E-state index contributed by atoms with van der Waals surface area (Å²) in [5.74, 6) is 2.85. The molecule has 25 heavy (non-hydrogen) atoms. The molecule has 1 aliphatic heterocycles. The van der Waals surface area contributed by atoms with E-state index in [-0.39, 0.29) is 0 Å². The van der Waals surface area contributed by atoms with Crippen molar-refractivity contribution in [1.29, 1.82) is 0 Å². The number of likely N-dealkylation sites (N-methyl/N-ethyl adjacent to an activating group) is 1. The largest absolute Gasteiger partial charge is 0.424 e. The molecule has 0 radical (unpaired) electrons. The van der Waals surface area contributed by atoms with Gasteiger partial charge in [0.1, 0.15) is 0 Å². The second-order valence-electron chi connectivity index (χ2n) is 8.81. The van der Waals surface area contributed by atoms with Gasteiger partial charge < -0.3 is 9.52 Å². The third-order valence-electron chi connectivity index (χ3n) is 6.39. The summed E-state index contributed by atoms with van der Waals surface area (Å²) in [6.07, 6.45) is 7.76. The van der Waals surface area contributed by atoms with Gasteiger partial charge in [0.2, 0.25) is 11.8 Å². The van der Waals surface area contributed by atoms with E-state index >= 15 is 0 Å². The van der Waals surface area contributed by atoms with Gasteiger partial charge in [0, 0.05) is 25.0 Å². The van der Waals surface area contributed by atoms with E-state index in [4.69, 9.17) is 4.42 Å². The Balaban J connectivity index is 1.26. The maximum absolute atomic E-state index is 10.9. The Hall–Kier alpha value is -0.980. The monoisotopic (exact) mass is 348 g/mol. The van der Waals surface area contributed by atoms with E-state index in [1.165, 1.54) is 12.8 Å². The fourth-order valence-electron chi connectivity index (χ4n) is 4.36. The number of nitrogens with zero attached hydrogens (tertiary/aromatic N) is 4. The number of aliphatic hydroxyl groups is 1. The van der Waals surface area contributed by atoms with Crippen LogP contribution in [0, 0.1) is 5.92 Å². The van der Waals surface area contributed by atoms with Crippen LogP contribution in [0.25, 0.3) is 0 Å². The maximum atomic E-state index is 10.9. The Labute approximate surface area is 150 Å². The van der Waals surface area contributed by atoms with Gasteiger partial charge in [-0.15, -0.1) is 10.2 Å². The van der Waals surface area contributed by atoms with Gasteiger partial charge in [-0.25, -0.2) is 0 Å². The Morgan fingerprint density at radius 2 is 1.96 bits per heavy atom. The van der Waals surface area contributed by atoms with Crippen LogP contribution in [-0.4, -0.2) is 63.4 Å². The molecule has 0 unspecified atom stereocenters. The van der Waals surface area contributed by atoms with Gasteiger partial charge in [-0.3, -0.25) is 9.80 Å². The van der Waals surface area contributed by atoms with Crippen LogP contribution in [0.15, 0.2) is 4.42 Å². The van der Waals surface area contributed by atoms with Crippen molar-refractivity contribution in [3.05, 3.63) is 11.8 Å². The molecule has 2 heterocycles. The Bertz CT molecular complexity index is 578. The minimum absolute atomic E-state index is 0.467. The number of likely N-dealkylation sites (tertiary alicyclic amines) is 1. The molecule has 4 rings (SSSR count). The first-order valence-corrected chi connectivity index (χ1v) is 9.98. The second-order valence-corrected chi connectivity index (χ2v) is 8.81. The molecular formula is C19H32N4O2. The van der Waals surface area contributed by atoms with Crippen LogP contribution in [0.4, 0.5) is 0 Å². The van der Waals surface area contributed by atoms with Gasteiger partial charge in [-0.1, -0.05) is 6.92 Å². The average Bonchev–Trinajstić information content (AvgIpc) is 3.16. The summed E-state index contributed by atoms with van der Waals surface area (Å²) in [6, 6.07) is 0.502. The van der Waals surface area contributed by atoms with Crippen molar-refractivity contribution in [1.82, 2.24) is 20.0 Å². The molecule has 6 nitrogen and oxygen atoms in total. The van der Waals surface area contributed by atoms with Crippen molar-refractivity contribution in [3.63, 3.8) is 0 Å². The summed E-state index contributed by atoms with van der Waals surface area (Å²) >= 11 is 0. The summed E-state index contributed by atoms with van der Waals surface area (Å²) < 4.78 is 5.79. The quantitative estimate of drug-likeness (QED) is 0.851. The van der Waals surface area contributed by atoms with Crippen LogP contribution in [0.3, 0.4) is 0 Å². The van der Waals surface area contributed by atoms with Crippen molar-refractivity contribution in [3.8, 4) is 0 Å². The first-order chi connectivity index (χ1) is 12.0. The van der Waals surface area contributed by atoms with E-state index < -0.39 is 5.60 Å². The summed E-state index contributed by atoms with van der Waals surface area (Å²) in [5, 5.41) is 19.3. The van der Waals surface area contributed by atoms with Gasteiger partial charge in [-0.2, -0.15) is 0 Å². The molecule has 1 aromatic rings.